The molecule has 1 rings (SSSR count). The van der Waals surface area contributed by atoms with Crippen LogP contribution in [-0.4, -0.2) is 58.7 Å². The molecular formula is C10H21NO5. The molecule has 0 aromatic rings. The van der Waals surface area contributed by atoms with E-state index in [0.717, 1.165) is 0 Å². The molecule has 1 aliphatic heterocycles. The normalized spacial score (nSPS) is 42.0. The molecule has 0 aromatic heterocycles. The van der Waals surface area contributed by atoms with Crippen LogP contribution >= 0.6 is 0 Å². The Balaban J connectivity index is 2.59. The maximum Gasteiger partial charge on any atom is 0.186 e. The number of hydrogen-bond donors (Lipinski definition) is 4. The first-order valence-electron chi connectivity index (χ1n) is 5.56. The minimum absolute atomic E-state index is 0.228. The van der Waals surface area contributed by atoms with Gasteiger partial charge in [-0.3, -0.25) is 0 Å². The van der Waals surface area contributed by atoms with E-state index in [1.807, 2.05) is 6.92 Å². The van der Waals surface area contributed by atoms with Crippen molar-refractivity contribution in [2.75, 3.05) is 6.54 Å². The fourth-order valence-electron chi connectivity index (χ4n) is 1.63. The van der Waals surface area contributed by atoms with E-state index in [9.17, 15) is 15.3 Å². The minimum atomic E-state index is -1.26. The zero-order valence-electron chi connectivity index (χ0n) is 9.61. The molecule has 5 N–H and O–H groups in total. The monoisotopic (exact) mass is 235 g/mol. The van der Waals surface area contributed by atoms with Gasteiger partial charge in [0.05, 0.1) is 12.2 Å². The van der Waals surface area contributed by atoms with Crippen molar-refractivity contribution in [1.29, 1.82) is 0 Å². The number of aliphatic hydroxyl groups excluding tert-OH is 3. The van der Waals surface area contributed by atoms with E-state index in [1.165, 1.54) is 0 Å². The second-order valence-corrected chi connectivity index (χ2v) is 4.08. The van der Waals surface area contributed by atoms with Crippen LogP contribution in [0.5, 0.6) is 0 Å². The number of aliphatic hydroxyl groups is 3. The molecule has 96 valence electrons. The summed E-state index contributed by atoms with van der Waals surface area (Å²) < 4.78 is 10.7. The Morgan fingerprint density at radius 3 is 2.38 bits per heavy atom. The Morgan fingerprint density at radius 1 is 1.25 bits per heavy atom. The summed E-state index contributed by atoms with van der Waals surface area (Å²) in [5.74, 6) is 0. The summed E-state index contributed by atoms with van der Waals surface area (Å²) in [7, 11) is 0. The SMILES string of the molecule is CCC(CN)O[C@@H]1OC(C)[C@H](O)[C@H](O)C1O. The first kappa shape index (κ1) is 13.8. The molecule has 0 saturated carbocycles. The van der Waals surface area contributed by atoms with Gasteiger partial charge in [0.2, 0.25) is 0 Å². The van der Waals surface area contributed by atoms with Gasteiger partial charge in [-0.1, -0.05) is 6.92 Å². The molecule has 0 aromatic carbocycles. The third kappa shape index (κ3) is 2.91. The predicted octanol–water partition coefficient (Wildman–Crippen LogP) is -1.43. The fraction of sp³-hybridized carbons (Fsp3) is 1.00. The Bertz CT molecular complexity index is 211. The summed E-state index contributed by atoms with van der Waals surface area (Å²) in [5, 5.41) is 28.7. The van der Waals surface area contributed by atoms with Crippen LogP contribution in [0.15, 0.2) is 0 Å². The second kappa shape index (κ2) is 5.90. The van der Waals surface area contributed by atoms with Crippen LogP contribution in [0, 0.1) is 0 Å². The van der Waals surface area contributed by atoms with Crippen molar-refractivity contribution in [1.82, 2.24) is 0 Å². The lowest BCUT2D eigenvalue weighted by Crippen LogP contribution is -2.58. The molecule has 0 bridgehead atoms. The van der Waals surface area contributed by atoms with Gasteiger partial charge >= 0.3 is 0 Å². The van der Waals surface area contributed by atoms with Crippen LogP contribution in [0.1, 0.15) is 20.3 Å². The minimum Gasteiger partial charge on any atom is -0.388 e. The molecule has 1 saturated heterocycles. The molecule has 1 heterocycles. The first-order valence-corrected chi connectivity index (χ1v) is 5.56. The predicted molar refractivity (Wildman–Crippen MR) is 56.6 cm³/mol. The van der Waals surface area contributed by atoms with Crippen molar-refractivity contribution >= 4 is 0 Å². The Hall–Kier alpha value is -0.240. The average Bonchev–Trinajstić information content (AvgIpc) is 2.29. The van der Waals surface area contributed by atoms with Crippen molar-refractivity contribution < 1.29 is 24.8 Å². The van der Waals surface area contributed by atoms with Crippen LogP contribution < -0.4 is 5.73 Å². The van der Waals surface area contributed by atoms with Gasteiger partial charge in [-0.05, 0) is 13.3 Å². The standard InChI is InChI=1S/C10H21NO5/c1-3-6(4-11)16-10-9(14)8(13)7(12)5(2)15-10/h5-10,12-14H,3-4,11H2,1-2H3/t5?,6?,7-,8-,9?,10-/m0/s1. The Kier molecular flexibility index (Phi) is 5.10. The highest BCUT2D eigenvalue weighted by atomic mass is 16.7. The van der Waals surface area contributed by atoms with Gasteiger partial charge in [-0.2, -0.15) is 0 Å². The zero-order chi connectivity index (χ0) is 12.3. The average molecular weight is 235 g/mol. The molecular weight excluding hydrogens is 214 g/mol. The highest BCUT2D eigenvalue weighted by Crippen LogP contribution is 2.22. The molecule has 3 unspecified atom stereocenters. The summed E-state index contributed by atoms with van der Waals surface area (Å²) >= 11 is 0. The fourth-order valence-corrected chi connectivity index (χ4v) is 1.63. The lowest BCUT2D eigenvalue weighted by atomic mass is 10.00. The van der Waals surface area contributed by atoms with Crippen LogP contribution in [0.2, 0.25) is 0 Å². The van der Waals surface area contributed by atoms with Gasteiger partial charge in [-0.15, -0.1) is 0 Å². The largest absolute Gasteiger partial charge is 0.388 e. The highest BCUT2D eigenvalue weighted by Gasteiger charge is 2.42. The summed E-state index contributed by atoms with van der Waals surface area (Å²) in [5.41, 5.74) is 5.47. The molecule has 6 atom stereocenters. The Labute approximate surface area is 95.0 Å². The topological polar surface area (TPSA) is 105 Å². The first-order chi connectivity index (χ1) is 7.51. The van der Waals surface area contributed by atoms with Crippen molar-refractivity contribution in [3.05, 3.63) is 0 Å². The summed E-state index contributed by atoms with van der Waals surface area (Å²) in [6, 6.07) is 0. The second-order valence-electron chi connectivity index (χ2n) is 4.08. The molecule has 0 radical (unpaired) electrons. The molecule has 0 spiro atoms. The number of hydrogen-bond acceptors (Lipinski definition) is 6. The molecule has 6 nitrogen and oxygen atoms in total. The van der Waals surface area contributed by atoms with Gasteiger partial charge in [0, 0.05) is 6.54 Å². The van der Waals surface area contributed by atoms with Crippen molar-refractivity contribution in [2.45, 2.75) is 57.1 Å². The van der Waals surface area contributed by atoms with E-state index in [4.69, 9.17) is 15.2 Å². The van der Waals surface area contributed by atoms with Crippen molar-refractivity contribution in [2.24, 2.45) is 5.73 Å². The van der Waals surface area contributed by atoms with E-state index in [1.54, 1.807) is 6.92 Å². The summed E-state index contributed by atoms with van der Waals surface area (Å²) in [4.78, 5) is 0. The van der Waals surface area contributed by atoms with Gasteiger partial charge in [-0.25, -0.2) is 0 Å². The highest BCUT2D eigenvalue weighted by molar-refractivity contribution is 4.87. The molecule has 0 aliphatic carbocycles. The third-order valence-electron chi connectivity index (χ3n) is 2.85. The van der Waals surface area contributed by atoms with E-state index in [2.05, 4.69) is 0 Å². The van der Waals surface area contributed by atoms with Crippen molar-refractivity contribution in [3.63, 3.8) is 0 Å². The van der Waals surface area contributed by atoms with Gasteiger partial charge < -0.3 is 30.5 Å². The van der Waals surface area contributed by atoms with Crippen LogP contribution in [-0.2, 0) is 9.47 Å². The quantitative estimate of drug-likeness (QED) is 0.476. The van der Waals surface area contributed by atoms with E-state index in [-0.39, 0.29) is 6.10 Å². The zero-order valence-corrected chi connectivity index (χ0v) is 9.61. The van der Waals surface area contributed by atoms with E-state index < -0.39 is 30.7 Å². The van der Waals surface area contributed by atoms with Crippen LogP contribution in [0.4, 0.5) is 0 Å². The van der Waals surface area contributed by atoms with Crippen LogP contribution in [0.25, 0.3) is 0 Å². The van der Waals surface area contributed by atoms with E-state index >= 15 is 0 Å². The third-order valence-corrected chi connectivity index (χ3v) is 2.85. The number of ether oxygens (including phenoxy) is 2. The van der Waals surface area contributed by atoms with Crippen molar-refractivity contribution in [3.8, 4) is 0 Å². The smallest absolute Gasteiger partial charge is 0.186 e. The molecule has 1 aliphatic rings. The Morgan fingerprint density at radius 2 is 1.88 bits per heavy atom. The summed E-state index contributed by atoms with van der Waals surface area (Å²) in [6.07, 6.45) is -4.69. The maximum absolute atomic E-state index is 9.66. The van der Waals surface area contributed by atoms with E-state index in [0.29, 0.717) is 13.0 Å². The lowest BCUT2D eigenvalue weighted by Gasteiger charge is -2.40. The van der Waals surface area contributed by atoms with Gasteiger partial charge in [0.15, 0.2) is 6.29 Å². The molecule has 6 heteroatoms. The maximum atomic E-state index is 9.66. The van der Waals surface area contributed by atoms with Gasteiger partial charge in [0.25, 0.3) is 0 Å². The van der Waals surface area contributed by atoms with Gasteiger partial charge in [0.1, 0.15) is 18.3 Å². The summed E-state index contributed by atoms with van der Waals surface area (Å²) in [6.45, 7) is 3.83. The number of nitrogens with two attached hydrogens (primary N) is 1. The molecule has 1 fully saturated rings. The number of rotatable bonds is 4. The molecule has 16 heavy (non-hydrogen) atoms. The molecule has 0 amide bonds. The van der Waals surface area contributed by atoms with Crippen LogP contribution in [0.3, 0.4) is 0 Å². The lowest BCUT2D eigenvalue weighted by molar-refractivity contribution is -0.303.